The summed E-state index contributed by atoms with van der Waals surface area (Å²) in [4.78, 5) is 13.1. The summed E-state index contributed by atoms with van der Waals surface area (Å²) in [5.41, 5.74) is 7.78. The lowest BCUT2D eigenvalue weighted by atomic mass is 10.1. The zero-order chi connectivity index (χ0) is 13.0. The standard InChI is InChI=1S/C14H18N4/c1-10(2)7-12-8-13(15)18-14(17-12)9-11-5-3-4-6-16-11/h3-6,8,10H,7,9H2,1-2H3,(H2,15,17,18). The van der Waals surface area contributed by atoms with Gasteiger partial charge < -0.3 is 5.73 Å². The van der Waals surface area contributed by atoms with Gasteiger partial charge in [-0.3, -0.25) is 4.98 Å². The van der Waals surface area contributed by atoms with Gasteiger partial charge in [0.05, 0.1) is 6.42 Å². The SMILES string of the molecule is CC(C)Cc1cc(N)nc(Cc2ccccn2)n1. The Morgan fingerprint density at radius 3 is 2.67 bits per heavy atom. The smallest absolute Gasteiger partial charge is 0.136 e. The van der Waals surface area contributed by atoms with Crippen molar-refractivity contribution in [3.05, 3.63) is 47.7 Å². The van der Waals surface area contributed by atoms with E-state index in [9.17, 15) is 0 Å². The van der Waals surface area contributed by atoms with Gasteiger partial charge >= 0.3 is 0 Å². The molecular weight excluding hydrogens is 224 g/mol. The van der Waals surface area contributed by atoms with Crippen LogP contribution >= 0.6 is 0 Å². The first kappa shape index (κ1) is 12.5. The van der Waals surface area contributed by atoms with Crippen molar-refractivity contribution in [2.24, 2.45) is 5.92 Å². The van der Waals surface area contributed by atoms with Crippen molar-refractivity contribution in [1.29, 1.82) is 0 Å². The molecule has 4 nitrogen and oxygen atoms in total. The number of anilines is 1. The fraction of sp³-hybridized carbons (Fsp3) is 0.357. The van der Waals surface area contributed by atoms with Crippen molar-refractivity contribution in [1.82, 2.24) is 15.0 Å². The predicted molar refractivity (Wildman–Crippen MR) is 72.0 cm³/mol. The molecule has 0 aliphatic heterocycles. The Hall–Kier alpha value is -1.97. The number of hydrogen-bond acceptors (Lipinski definition) is 4. The average molecular weight is 242 g/mol. The zero-order valence-corrected chi connectivity index (χ0v) is 10.8. The normalized spacial score (nSPS) is 10.8. The Morgan fingerprint density at radius 2 is 2.00 bits per heavy atom. The van der Waals surface area contributed by atoms with Crippen LogP contribution in [-0.4, -0.2) is 15.0 Å². The van der Waals surface area contributed by atoms with Gasteiger partial charge in [-0.25, -0.2) is 9.97 Å². The summed E-state index contributed by atoms with van der Waals surface area (Å²) in [7, 11) is 0. The van der Waals surface area contributed by atoms with E-state index in [-0.39, 0.29) is 0 Å². The van der Waals surface area contributed by atoms with Gasteiger partial charge in [0.1, 0.15) is 11.6 Å². The molecule has 0 spiro atoms. The highest BCUT2D eigenvalue weighted by Gasteiger charge is 2.06. The Bertz CT molecular complexity index is 508. The van der Waals surface area contributed by atoms with Crippen LogP contribution in [0.1, 0.15) is 31.1 Å². The molecule has 0 saturated carbocycles. The monoisotopic (exact) mass is 242 g/mol. The van der Waals surface area contributed by atoms with Crippen LogP contribution in [-0.2, 0) is 12.8 Å². The third-order valence-corrected chi connectivity index (χ3v) is 2.53. The largest absolute Gasteiger partial charge is 0.384 e. The molecule has 0 radical (unpaired) electrons. The summed E-state index contributed by atoms with van der Waals surface area (Å²) in [5.74, 6) is 1.83. The lowest BCUT2D eigenvalue weighted by Gasteiger charge is -2.07. The summed E-state index contributed by atoms with van der Waals surface area (Å²) >= 11 is 0. The second-order valence-corrected chi connectivity index (χ2v) is 4.80. The van der Waals surface area contributed by atoms with Gasteiger partial charge in [-0.15, -0.1) is 0 Å². The molecule has 2 rings (SSSR count). The van der Waals surface area contributed by atoms with Crippen LogP contribution in [0.5, 0.6) is 0 Å². The Morgan fingerprint density at radius 1 is 1.17 bits per heavy atom. The van der Waals surface area contributed by atoms with Gasteiger partial charge in [-0.05, 0) is 24.5 Å². The van der Waals surface area contributed by atoms with Crippen molar-refractivity contribution < 1.29 is 0 Å². The van der Waals surface area contributed by atoms with Crippen molar-refractivity contribution >= 4 is 5.82 Å². The maximum absolute atomic E-state index is 5.82. The molecule has 18 heavy (non-hydrogen) atoms. The van der Waals surface area contributed by atoms with Crippen LogP contribution < -0.4 is 5.73 Å². The fourth-order valence-electron chi connectivity index (χ4n) is 1.84. The van der Waals surface area contributed by atoms with Crippen molar-refractivity contribution in [2.45, 2.75) is 26.7 Å². The second-order valence-electron chi connectivity index (χ2n) is 4.80. The van der Waals surface area contributed by atoms with Gasteiger partial charge in [0.25, 0.3) is 0 Å². The summed E-state index contributed by atoms with van der Waals surface area (Å²) in [6.45, 7) is 4.33. The van der Waals surface area contributed by atoms with Crippen LogP contribution in [0.2, 0.25) is 0 Å². The van der Waals surface area contributed by atoms with Crippen LogP contribution in [0, 0.1) is 5.92 Å². The molecule has 94 valence electrons. The van der Waals surface area contributed by atoms with Crippen molar-refractivity contribution in [3.8, 4) is 0 Å². The maximum atomic E-state index is 5.82. The molecule has 2 aromatic rings. The number of nitrogen functional groups attached to an aromatic ring is 1. The summed E-state index contributed by atoms with van der Waals surface area (Å²) in [6.07, 6.45) is 3.32. The van der Waals surface area contributed by atoms with E-state index in [0.29, 0.717) is 18.2 Å². The predicted octanol–water partition coefficient (Wildman–Crippen LogP) is 2.24. The molecule has 0 saturated heterocycles. The van der Waals surface area contributed by atoms with Crippen LogP contribution in [0.15, 0.2) is 30.5 Å². The molecule has 2 N–H and O–H groups in total. The van der Waals surface area contributed by atoms with Gasteiger partial charge in [0.2, 0.25) is 0 Å². The first-order chi connectivity index (χ1) is 8.63. The highest BCUT2D eigenvalue weighted by atomic mass is 14.9. The number of nitrogens with two attached hydrogens (primary N) is 1. The van der Waals surface area contributed by atoms with E-state index in [1.54, 1.807) is 6.20 Å². The number of rotatable bonds is 4. The van der Waals surface area contributed by atoms with E-state index < -0.39 is 0 Å². The lowest BCUT2D eigenvalue weighted by molar-refractivity contribution is 0.631. The number of nitrogens with zero attached hydrogens (tertiary/aromatic N) is 3. The minimum atomic E-state index is 0.534. The lowest BCUT2D eigenvalue weighted by Crippen LogP contribution is -2.06. The summed E-state index contributed by atoms with van der Waals surface area (Å²) in [5, 5.41) is 0. The van der Waals surface area contributed by atoms with E-state index in [2.05, 4.69) is 28.8 Å². The van der Waals surface area contributed by atoms with E-state index in [1.165, 1.54) is 0 Å². The first-order valence-corrected chi connectivity index (χ1v) is 6.15. The minimum Gasteiger partial charge on any atom is -0.384 e. The first-order valence-electron chi connectivity index (χ1n) is 6.15. The van der Waals surface area contributed by atoms with Gasteiger partial charge in [-0.2, -0.15) is 0 Å². The Kier molecular flexibility index (Phi) is 3.87. The molecule has 0 aliphatic carbocycles. The summed E-state index contributed by atoms with van der Waals surface area (Å²) < 4.78 is 0. The number of pyridine rings is 1. The highest BCUT2D eigenvalue weighted by molar-refractivity contribution is 5.30. The van der Waals surface area contributed by atoms with E-state index in [0.717, 1.165) is 23.6 Å². The Labute approximate surface area is 107 Å². The van der Waals surface area contributed by atoms with E-state index in [4.69, 9.17) is 5.73 Å². The number of aromatic nitrogens is 3. The fourth-order valence-corrected chi connectivity index (χ4v) is 1.84. The molecule has 0 bridgehead atoms. The number of hydrogen-bond donors (Lipinski definition) is 1. The molecule has 0 aromatic carbocycles. The molecule has 0 unspecified atom stereocenters. The van der Waals surface area contributed by atoms with Crippen LogP contribution in [0.3, 0.4) is 0 Å². The van der Waals surface area contributed by atoms with Gasteiger partial charge in [0.15, 0.2) is 0 Å². The topological polar surface area (TPSA) is 64.7 Å². The quantitative estimate of drug-likeness (QED) is 0.893. The summed E-state index contributed by atoms with van der Waals surface area (Å²) in [6, 6.07) is 7.67. The zero-order valence-electron chi connectivity index (χ0n) is 10.8. The minimum absolute atomic E-state index is 0.534. The third-order valence-electron chi connectivity index (χ3n) is 2.53. The maximum Gasteiger partial charge on any atom is 0.136 e. The molecule has 0 fully saturated rings. The van der Waals surface area contributed by atoms with E-state index >= 15 is 0 Å². The van der Waals surface area contributed by atoms with Crippen molar-refractivity contribution in [2.75, 3.05) is 5.73 Å². The molecule has 0 aliphatic rings. The molecule has 2 aromatic heterocycles. The second kappa shape index (κ2) is 5.58. The molecular formula is C14H18N4. The van der Waals surface area contributed by atoms with Crippen LogP contribution in [0.25, 0.3) is 0 Å². The van der Waals surface area contributed by atoms with Crippen molar-refractivity contribution in [3.63, 3.8) is 0 Å². The molecule has 2 heterocycles. The molecule has 0 atom stereocenters. The highest BCUT2D eigenvalue weighted by Crippen LogP contribution is 2.11. The van der Waals surface area contributed by atoms with Gasteiger partial charge in [-0.1, -0.05) is 19.9 Å². The third kappa shape index (κ3) is 3.52. The van der Waals surface area contributed by atoms with E-state index in [1.807, 2.05) is 24.3 Å². The molecule has 4 heteroatoms. The average Bonchev–Trinajstić information content (AvgIpc) is 2.28. The van der Waals surface area contributed by atoms with Crippen LogP contribution in [0.4, 0.5) is 5.82 Å². The molecule has 0 amide bonds. The Balaban J connectivity index is 2.20. The van der Waals surface area contributed by atoms with Gasteiger partial charge in [0, 0.05) is 23.7 Å².